The Morgan fingerprint density at radius 1 is 1.46 bits per heavy atom. The van der Waals surface area contributed by atoms with E-state index in [1.807, 2.05) is 18.4 Å². The molecule has 0 aliphatic rings. The number of aldehydes is 1. The number of benzene rings is 1. The van der Waals surface area contributed by atoms with Crippen molar-refractivity contribution in [1.29, 1.82) is 0 Å². The van der Waals surface area contributed by atoms with Gasteiger partial charge in [0.05, 0.1) is 5.56 Å². The molecule has 2 aromatic rings. The number of thiophene rings is 1. The quantitative estimate of drug-likeness (QED) is 0.705. The highest BCUT2D eigenvalue weighted by Crippen LogP contribution is 2.34. The van der Waals surface area contributed by atoms with Crippen LogP contribution in [0.5, 0.6) is 5.75 Å². The highest BCUT2D eigenvalue weighted by atomic mass is 32.1. The number of aromatic hydroxyl groups is 1. The molecule has 0 amide bonds. The van der Waals surface area contributed by atoms with Crippen LogP contribution in [-0.2, 0) is 0 Å². The van der Waals surface area contributed by atoms with Gasteiger partial charge >= 0.3 is 0 Å². The van der Waals surface area contributed by atoms with Gasteiger partial charge in [-0.2, -0.15) is 0 Å². The Morgan fingerprint density at radius 2 is 2.23 bits per heavy atom. The number of rotatable bonds is 1. The minimum Gasteiger partial charge on any atom is -0.507 e. The lowest BCUT2D eigenvalue weighted by molar-refractivity contribution is 0.112. The van der Waals surface area contributed by atoms with Crippen LogP contribution < -0.4 is 0 Å². The van der Waals surface area contributed by atoms with Crippen molar-refractivity contribution in [3.05, 3.63) is 28.6 Å². The maximum absolute atomic E-state index is 10.5. The van der Waals surface area contributed by atoms with Crippen molar-refractivity contribution >= 4 is 27.7 Å². The Kier molecular flexibility index (Phi) is 1.81. The molecule has 0 bridgehead atoms. The van der Waals surface area contributed by atoms with E-state index >= 15 is 0 Å². The first-order chi connectivity index (χ1) is 6.24. The SMILES string of the molecule is Cc1csc2ccc(C=O)c(O)c12. The van der Waals surface area contributed by atoms with E-state index in [0.29, 0.717) is 11.8 Å². The summed E-state index contributed by atoms with van der Waals surface area (Å²) in [5.41, 5.74) is 1.37. The lowest BCUT2D eigenvalue weighted by Crippen LogP contribution is -1.81. The highest BCUT2D eigenvalue weighted by Gasteiger charge is 2.08. The Labute approximate surface area is 79.4 Å². The number of aryl methyl sites for hydroxylation is 1. The molecule has 1 heterocycles. The second-order valence-electron chi connectivity index (χ2n) is 2.91. The Bertz CT molecular complexity index is 471. The van der Waals surface area contributed by atoms with E-state index in [2.05, 4.69) is 0 Å². The van der Waals surface area contributed by atoms with Gasteiger partial charge in [-0.25, -0.2) is 0 Å². The highest BCUT2D eigenvalue weighted by molar-refractivity contribution is 7.17. The van der Waals surface area contributed by atoms with Crippen LogP contribution >= 0.6 is 11.3 Å². The fourth-order valence-corrected chi connectivity index (χ4v) is 2.32. The van der Waals surface area contributed by atoms with Crippen LogP contribution in [0.1, 0.15) is 15.9 Å². The van der Waals surface area contributed by atoms with Gasteiger partial charge in [0.1, 0.15) is 5.75 Å². The van der Waals surface area contributed by atoms with E-state index in [1.165, 1.54) is 0 Å². The van der Waals surface area contributed by atoms with E-state index in [-0.39, 0.29) is 5.75 Å². The molecule has 0 atom stereocenters. The van der Waals surface area contributed by atoms with Gasteiger partial charge in [0.15, 0.2) is 6.29 Å². The topological polar surface area (TPSA) is 37.3 Å². The molecule has 1 N–H and O–H groups in total. The summed E-state index contributed by atoms with van der Waals surface area (Å²) in [6, 6.07) is 3.50. The first-order valence-corrected chi connectivity index (χ1v) is 4.77. The number of carbonyl (C=O) groups is 1. The summed E-state index contributed by atoms with van der Waals surface area (Å²) in [5.74, 6) is 0.103. The molecule has 0 fully saturated rings. The van der Waals surface area contributed by atoms with Crippen molar-refractivity contribution in [2.75, 3.05) is 0 Å². The summed E-state index contributed by atoms with van der Waals surface area (Å²) in [6.07, 6.45) is 0.672. The molecular formula is C10H8O2S. The zero-order valence-corrected chi connectivity index (χ0v) is 7.89. The number of hydrogen-bond donors (Lipinski definition) is 1. The molecule has 0 saturated heterocycles. The third-order valence-electron chi connectivity index (χ3n) is 2.05. The molecule has 0 aliphatic carbocycles. The van der Waals surface area contributed by atoms with Crippen molar-refractivity contribution in [3.8, 4) is 5.75 Å². The summed E-state index contributed by atoms with van der Waals surface area (Å²) in [4.78, 5) is 10.5. The lowest BCUT2D eigenvalue weighted by atomic mass is 10.1. The second-order valence-corrected chi connectivity index (χ2v) is 3.82. The molecule has 1 aromatic carbocycles. The maximum Gasteiger partial charge on any atom is 0.153 e. The molecule has 0 saturated carbocycles. The first kappa shape index (κ1) is 8.26. The smallest absolute Gasteiger partial charge is 0.153 e. The molecule has 0 spiro atoms. The molecule has 66 valence electrons. The van der Waals surface area contributed by atoms with E-state index in [1.54, 1.807) is 17.4 Å². The molecular weight excluding hydrogens is 184 g/mol. The molecule has 2 rings (SSSR count). The van der Waals surface area contributed by atoms with Crippen molar-refractivity contribution in [1.82, 2.24) is 0 Å². The third kappa shape index (κ3) is 1.12. The monoisotopic (exact) mass is 192 g/mol. The maximum atomic E-state index is 10.5. The van der Waals surface area contributed by atoms with E-state index in [9.17, 15) is 9.90 Å². The molecule has 0 radical (unpaired) electrons. The van der Waals surface area contributed by atoms with Crippen LogP contribution in [0.15, 0.2) is 17.5 Å². The summed E-state index contributed by atoms with van der Waals surface area (Å²) in [6.45, 7) is 1.92. The molecule has 0 aliphatic heterocycles. The summed E-state index contributed by atoms with van der Waals surface area (Å²) < 4.78 is 1.01. The largest absolute Gasteiger partial charge is 0.507 e. The van der Waals surface area contributed by atoms with Crippen molar-refractivity contribution in [2.24, 2.45) is 0 Å². The average molecular weight is 192 g/mol. The van der Waals surface area contributed by atoms with Crippen LogP contribution in [0, 0.1) is 6.92 Å². The van der Waals surface area contributed by atoms with Gasteiger partial charge in [-0.3, -0.25) is 4.79 Å². The minimum atomic E-state index is 0.103. The number of hydrogen-bond acceptors (Lipinski definition) is 3. The van der Waals surface area contributed by atoms with Gasteiger partial charge in [-0.1, -0.05) is 0 Å². The van der Waals surface area contributed by atoms with Crippen LogP contribution in [-0.4, -0.2) is 11.4 Å². The van der Waals surface area contributed by atoms with Gasteiger partial charge < -0.3 is 5.11 Å². The lowest BCUT2D eigenvalue weighted by Gasteiger charge is -1.99. The van der Waals surface area contributed by atoms with Crippen molar-refractivity contribution in [2.45, 2.75) is 6.92 Å². The fraction of sp³-hybridized carbons (Fsp3) is 0.100. The van der Waals surface area contributed by atoms with E-state index < -0.39 is 0 Å². The zero-order valence-electron chi connectivity index (χ0n) is 7.07. The Balaban J connectivity index is 2.91. The van der Waals surface area contributed by atoms with Gasteiger partial charge in [-0.15, -0.1) is 11.3 Å². The number of fused-ring (bicyclic) bond motifs is 1. The predicted octanol–water partition coefficient (Wildman–Crippen LogP) is 2.73. The Hall–Kier alpha value is -1.35. The molecule has 0 unspecified atom stereocenters. The molecule has 2 nitrogen and oxygen atoms in total. The summed E-state index contributed by atoms with van der Waals surface area (Å²) in [5, 5.41) is 12.5. The zero-order chi connectivity index (χ0) is 9.42. The standard InChI is InChI=1S/C10H8O2S/c1-6-5-13-8-3-2-7(4-11)10(12)9(6)8/h2-5,12H,1H3. The fourth-order valence-electron chi connectivity index (χ4n) is 1.37. The van der Waals surface area contributed by atoms with Crippen LogP contribution in [0.4, 0.5) is 0 Å². The van der Waals surface area contributed by atoms with Crippen LogP contribution in [0.25, 0.3) is 10.1 Å². The van der Waals surface area contributed by atoms with Crippen molar-refractivity contribution in [3.63, 3.8) is 0 Å². The van der Waals surface area contributed by atoms with Crippen LogP contribution in [0.3, 0.4) is 0 Å². The van der Waals surface area contributed by atoms with E-state index in [4.69, 9.17) is 0 Å². The first-order valence-electron chi connectivity index (χ1n) is 3.89. The van der Waals surface area contributed by atoms with Crippen molar-refractivity contribution < 1.29 is 9.90 Å². The minimum absolute atomic E-state index is 0.103. The Morgan fingerprint density at radius 3 is 2.92 bits per heavy atom. The van der Waals surface area contributed by atoms with Gasteiger partial charge in [0.2, 0.25) is 0 Å². The predicted molar refractivity (Wildman–Crippen MR) is 53.6 cm³/mol. The number of phenolic OH excluding ortho intramolecular Hbond substituents is 1. The van der Waals surface area contributed by atoms with Crippen LogP contribution in [0.2, 0.25) is 0 Å². The third-order valence-corrected chi connectivity index (χ3v) is 3.12. The number of carbonyl (C=O) groups excluding carboxylic acids is 1. The molecule has 1 aromatic heterocycles. The normalized spacial score (nSPS) is 10.5. The molecule has 13 heavy (non-hydrogen) atoms. The van der Waals surface area contributed by atoms with Gasteiger partial charge in [0, 0.05) is 10.1 Å². The summed E-state index contributed by atoms with van der Waals surface area (Å²) >= 11 is 1.57. The second kappa shape index (κ2) is 2.85. The van der Waals surface area contributed by atoms with E-state index in [0.717, 1.165) is 15.6 Å². The van der Waals surface area contributed by atoms with Gasteiger partial charge in [0.25, 0.3) is 0 Å². The summed E-state index contributed by atoms with van der Waals surface area (Å²) in [7, 11) is 0. The average Bonchev–Trinajstić information content (AvgIpc) is 2.49. The molecule has 3 heteroatoms. The van der Waals surface area contributed by atoms with Gasteiger partial charge in [-0.05, 0) is 30.0 Å². The number of phenols is 1.